The average Bonchev–Trinajstić information content (AvgIpc) is 3.46. The lowest BCUT2D eigenvalue weighted by Crippen LogP contribution is -2.23. The molecule has 0 saturated heterocycles. The van der Waals surface area contributed by atoms with Crippen molar-refractivity contribution in [1.29, 1.82) is 0 Å². The van der Waals surface area contributed by atoms with Crippen LogP contribution >= 0.6 is 0 Å². The molecule has 3 aromatic heterocycles. The zero-order chi connectivity index (χ0) is 22.3. The Morgan fingerprint density at radius 2 is 2.06 bits per heavy atom. The number of nitrogens with zero attached hydrogens (tertiary/aromatic N) is 3. The second-order valence-electron chi connectivity index (χ2n) is 7.66. The van der Waals surface area contributed by atoms with Crippen LogP contribution < -0.4 is 10.1 Å². The second kappa shape index (κ2) is 7.76. The molecule has 8 nitrogen and oxygen atoms in total. The molecule has 0 atom stereocenters. The van der Waals surface area contributed by atoms with Gasteiger partial charge in [-0.15, -0.1) is 0 Å². The Labute approximate surface area is 184 Å². The lowest BCUT2D eigenvalue weighted by atomic mass is 10.1. The van der Waals surface area contributed by atoms with Gasteiger partial charge in [0.1, 0.15) is 5.75 Å². The number of ether oxygens (including phenoxy) is 1. The molecule has 1 aromatic carbocycles. The molecule has 162 valence electrons. The highest BCUT2D eigenvalue weighted by Gasteiger charge is 2.14. The molecule has 4 heterocycles. The molecule has 1 N–H and O–H groups in total. The normalized spacial score (nSPS) is 13.0. The summed E-state index contributed by atoms with van der Waals surface area (Å²) < 4.78 is 29.7. The van der Waals surface area contributed by atoms with Crippen LogP contribution in [0.15, 0.2) is 61.1 Å². The topological polar surface area (TPSA) is 103 Å². The summed E-state index contributed by atoms with van der Waals surface area (Å²) >= 11 is 0. The van der Waals surface area contributed by atoms with Crippen molar-refractivity contribution in [2.75, 3.05) is 12.9 Å². The predicted octanol–water partition coefficient (Wildman–Crippen LogP) is 2.77. The number of amides is 1. The molecule has 0 bridgehead atoms. The quantitative estimate of drug-likeness (QED) is 0.504. The number of benzene rings is 1. The van der Waals surface area contributed by atoms with Gasteiger partial charge in [-0.1, -0.05) is 0 Å². The minimum Gasteiger partial charge on any atom is -0.493 e. The number of carbonyl (C=O) groups excluding carboxylic acids is 1. The van der Waals surface area contributed by atoms with Crippen molar-refractivity contribution in [2.45, 2.75) is 13.0 Å². The van der Waals surface area contributed by atoms with E-state index >= 15 is 0 Å². The van der Waals surface area contributed by atoms with Gasteiger partial charge in [0.2, 0.25) is 10.0 Å². The summed E-state index contributed by atoms with van der Waals surface area (Å²) in [4.78, 5) is 21.6. The third-order valence-corrected chi connectivity index (χ3v) is 6.35. The molecule has 0 fully saturated rings. The fourth-order valence-corrected chi connectivity index (χ4v) is 4.24. The van der Waals surface area contributed by atoms with Crippen LogP contribution in [0, 0.1) is 0 Å². The van der Waals surface area contributed by atoms with Gasteiger partial charge in [-0.2, -0.15) is 0 Å². The minimum absolute atomic E-state index is 0.195. The Hall–Kier alpha value is -3.72. The van der Waals surface area contributed by atoms with Gasteiger partial charge in [-0.3, -0.25) is 13.8 Å². The van der Waals surface area contributed by atoms with E-state index in [9.17, 15) is 13.2 Å². The number of nitrogens with one attached hydrogen (secondary N) is 1. The molecule has 9 heteroatoms. The lowest BCUT2D eigenvalue weighted by molar-refractivity contribution is 0.0950. The largest absolute Gasteiger partial charge is 0.493 e. The van der Waals surface area contributed by atoms with E-state index in [1.807, 2.05) is 30.3 Å². The van der Waals surface area contributed by atoms with Crippen LogP contribution in [-0.4, -0.2) is 41.1 Å². The Morgan fingerprint density at radius 1 is 1.19 bits per heavy atom. The highest BCUT2D eigenvalue weighted by Crippen LogP contribution is 2.30. The average molecular weight is 449 g/mol. The van der Waals surface area contributed by atoms with E-state index in [2.05, 4.69) is 16.4 Å². The summed E-state index contributed by atoms with van der Waals surface area (Å²) in [5.41, 5.74) is 4.76. The monoisotopic (exact) mass is 448 g/mol. The fraction of sp³-hybridized carbons (Fsp3) is 0.174. The van der Waals surface area contributed by atoms with Crippen LogP contribution in [0.2, 0.25) is 0 Å². The van der Waals surface area contributed by atoms with Crippen molar-refractivity contribution in [2.24, 2.45) is 0 Å². The SMILES string of the molecule is CS(=O)(=O)n1ccc(C(=O)NCc2cc3nc(-c4ccc5c(c4)CCO5)ccc3cn2)c1. The summed E-state index contributed by atoms with van der Waals surface area (Å²) in [5, 5.41) is 3.67. The van der Waals surface area contributed by atoms with E-state index in [-0.39, 0.29) is 18.0 Å². The fourth-order valence-electron chi connectivity index (χ4n) is 3.65. The molecule has 32 heavy (non-hydrogen) atoms. The molecule has 0 saturated carbocycles. The Morgan fingerprint density at radius 3 is 2.88 bits per heavy atom. The molecule has 1 aliphatic heterocycles. The van der Waals surface area contributed by atoms with E-state index in [4.69, 9.17) is 9.72 Å². The van der Waals surface area contributed by atoms with Gasteiger partial charge in [-0.25, -0.2) is 13.4 Å². The zero-order valence-electron chi connectivity index (χ0n) is 17.3. The van der Waals surface area contributed by atoms with Crippen molar-refractivity contribution in [3.05, 3.63) is 77.9 Å². The Bertz CT molecular complexity index is 1460. The van der Waals surface area contributed by atoms with Crippen LogP contribution in [-0.2, 0) is 23.0 Å². The van der Waals surface area contributed by atoms with Gasteiger partial charge in [0.05, 0.1) is 41.9 Å². The molecule has 1 amide bonds. The summed E-state index contributed by atoms with van der Waals surface area (Å²) in [7, 11) is -3.43. The number of carbonyl (C=O) groups is 1. The molecule has 0 spiro atoms. The minimum atomic E-state index is -3.43. The maximum Gasteiger partial charge on any atom is 0.253 e. The van der Waals surface area contributed by atoms with Crippen molar-refractivity contribution in [3.8, 4) is 17.0 Å². The third kappa shape index (κ3) is 3.94. The van der Waals surface area contributed by atoms with E-state index in [1.165, 1.54) is 24.0 Å². The highest BCUT2D eigenvalue weighted by molar-refractivity contribution is 7.89. The second-order valence-corrected chi connectivity index (χ2v) is 9.55. The van der Waals surface area contributed by atoms with E-state index < -0.39 is 10.0 Å². The first kappa shape index (κ1) is 20.2. The molecule has 0 radical (unpaired) electrons. The van der Waals surface area contributed by atoms with Crippen LogP contribution in [0.5, 0.6) is 5.75 Å². The smallest absolute Gasteiger partial charge is 0.253 e. The first-order valence-corrected chi connectivity index (χ1v) is 11.9. The first-order chi connectivity index (χ1) is 15.4. The van der Waals surface area contributed by atoms with Gasteiger partial charge >= 0.3 is 0 Å². The predicted molar refractivity (Wildman–Crippen MR) is 120 cm³/mol. The van der Waals surface area contributed by atoms with Crippen molar-refractivity contribution in [3.63, 3.8) is 0 Å². The maximum atomic E-state index is 12.4. The van der Waals surface area contributed by atoms with Gasteiger partial charge in [-0.05, 0) is 48.0 Å². The summed E-state index contributed by atoms with van der Waals surface area (Å²) in [6.07, 6.45) is 6.33. The molecule has 0 aliphatic carbocycles. The third-order valence-electron chi connectivity index (χ3n) is 5.36. The summed E-state index contributed by atoms with van der Waals surface area (Å²) in [5.74, 6) is 0.556. The number of hydrogen-bond donors (Lipinski definition) is 1. The van der Waals surface area contributed by atoms with Gasteiger partial charge in [0.15, 0.2) is 0 Å². The number of aromatic nitrogens is 3. The van der Waals surface area contributed by atoms with E-state index in [1.54, 1.807) is 6.20 Å². The van der Waals surface area contributed by atoms with Gasteiger partial charge < -0.3 is 10.1 Å². The van der Waals surface area contributed by atoms with Crippen LogP contribution in [0.1, 0.15) is 21.6 Å². The maximum absolute atomic E-state index is 12.4. The number of hydrogen-bond acceptors (Lipinski definition) is 6. The molecule has 5 rings (SSSR count). The van der Waals surface area contributed by atoms with Crippen LogP contribution in [0.4, 0.5) is 0 Å². The first-order valence-electron chi connectivity index (χ1n) is 10.1. The van der Waals surface area contributed by atoms with Gasteiger partial charge in [0, 0.05) is 36.0 Å². The Balaban J connectivity index is 1.35. The molecular formula is C23H20N4O4S. The van der Waals surface area contributed by atoms with Crippen molar-refractivity contribution < 1.29 is 17.9 Å². The summed E-state index contributed by atoms with van der Waals surface area (Å²) in [6.45, 7) is 0.907. The standard InChI is InChI=1S/C23H20N4O4S/c1-32(29,30)27-8-6-18(14-27)23(28)25-13-19-11-21-17(12-24-19)2-4-20(26-21)15-3-5-22-16(10-15)7-9-31-22/h2-6,8,10-12,14H,7,9,13H2,1H3,(H,25,28). The van der Waals surface area contributed by atoms with Crippen LogP contribution in [0.25, 0.3) is 22.2 Å². The van der Waals surface area contributed by atoms with Gasteiger partial charge in [0.25, 0.3) is 5.91 Å². The van der Waals surface area contributed by atoms with E-state index in [0.717, 1.165) is 44.6 Å². The summed E-state index contributed by atoms with van der Waals surface area (Å²) in [6, 6.07) is 13.3. The number of fused-ring (bicyclic) bond motifs is 2. The van der Waals surface area contributed by atoms with Crippen molar-refractivity contribution >= 4 is 26.8 Å². The lowest BCUT2D eigenvalue weighted by Gasteiger charge is -2.07. The molecular weight excluding hydrogens is 428 g/mol. The highest BCUT2D eigenvalue weighted by atomic mass is 32.2. The van der Waals surface area contributed by atoms with Crippen LogP contribution in [0.3, 0.4) is 0 Å². The van der Waals surface area contributed by atoms with E-state index in [0.29, 0.717) is 12.3 Å². The van der Waals surface area contributed by atoms with Crippen molar-refractivity contribution in [1.82, 2.24) is 19.3 Å². The molecule has 4 aromatic rings. The molecule has 1 aliphatic rings. The molecule has 0 unspecified atom stereocenters. The number of pyridine rings is 2. The zero-order valence-corrected chi connectivity index (χ0v) is 18.1. The number of rotatable bonds is 5. The Kier molecular flexibility index (Phi) is 4.90.